The molecule has 5 rings (SSSR count). The van der Waals surface area contributed by atoms with Crippen molar-refractivity contribution in [1.82, 2.24) is 4.90 Å². The first kappa shape index (κ1) is 37.5. The molecule has 0 spiro atoms. The molecule has 0 unspecified atom stereocenters. The summed E-state index contributed by atoms with van der Waals surface area (Å²) in [6.07, 6.45) is -10.8. The minimum atomic E-state index is -5.07. The maximum Gasteiger partial charge on any atom is 0.416 e. The number of allylic oxidation sites excluding steroid dienone is 1. The van der Waals surface area contributed by atoms with Gasteiger partial charge in [0.2, 0.25) is 0 Å². The van der Waals surface area contributed by atoms with Crippen LogP contribution in [0.5, 0.6) is 11.5 Å². The molecular formula is C37H36F7NO6. The van der Waals surface area contributed by atoms with Gasteiger partial charge >= 0.3 is 24.4 Å². The number of methoxy groups -OCH3 is 3. The molecule has 3 aromatic rings. The summed E-state index contributed by atoms with van der Waals surface area (Å²) >= 11 is 0. The summed E-state index contributed by atoms with van der Waals surface area (Å²) in [5.41, 5.74) is -0.998. The van der Waals surface area contributed by atoms with Crippen molar-refractivity contribution in [2.75, 3.05) is 27.9 Å². The summed E-state index contributed by atoms with van der Waals surface area (Å²) in [5, 5.41) is 0. The fraction of sp³-hybridized carbons (Fsp3) is 0.405. The molecule has 0 saturated carbocycles. The van der Waals surface area contributed by atoms with Crippen LogP contribution in [0.15, 0.2) is 54.1 Å². The zero-order chi connectivity index (χ0) is 37.6. The second-order valence-corrected chi connectivity index (χ2v) is 13.4. The molecule has 0 aromatic heterocycles. The van der Waals surface area contributed by atoms with Crippen LogP contribution < -0.4 is 9.47 Å². The molecule has 14 heteroatoms. The number of carbonyl (C=O) groups is 2. The van der Waals surface area contributed by atoms with E-state index in [0.29, 0.717) is 42.5 Å². The van der Waals surface area contributed by atoms with Crippen LogP contribution in [0.2, 0.25) is 0 Å². The second kappa shape index (κ2) is 13.8. The molecule has 3 aromatic carbocycles. The summed E-state index contributed by atoms with van der Waals surface area (Å²) in [5.74, 6) is -0.893. The Bertz CT molecular complexity index is 1850. The number of amides is 1. The van der Waals surface area contributed by atoms with E-state index in [2.05, 4.69) is 0 Å². The number of esters is 1. The normalized spacial score (nSPS) is 19.2. The van der Waals surface area contributed by atoms with Crippen molar-refractivity contribution in [2.24, 2.45) is 5.41 Å². The van der Waals surface area contributed by atoms with Crippen LogP contribution in [0.4, 0.5) is 35.5 Å². The second-order valence-electron chi connectivity index (χ2n) is 13.4. The monoisotopic (exact) mass is 723 g/mol. The lowest BCUT2D eigenvalue weighted by Crippen LogP contribution is -2.35. The number of cyclic esters (lactones) is 1. The zero-order valence-electron chi connectivity index (χ0n) is 28.6. The minimum absolute atomic E-state index is 0.0256. The number of rotatable bonds is 8. The number of carbonyl (C=O) groups excluding carboxylic acids is 2. The van der Waals surface area contributed by atoms with Crippen LogP contribution in [-0.4, -0.2) is 50.9 Å². The highest BCUT2D eigenvalue weighted by Crippen LogP contribution is 2.48. The van der Waals surface area contributed by atoms with Crippen molar-refractivity contribution in [3.05, 3.63) is 87.7 Å². The van der Waals surface area contributed by atoms with Gasteiger partial charge in [0.1, 0.15) is 29.0 Å². The van der Waals surface area contributed by atoms with Gasteiger partial charge in [-0.15, -0.1) is 0 Å². The van der Waals surface area contributed by atoms with Crippen LogP contribution in [0.25, 0.3) is 16.7 Å². The Morgan fingerprint density at radius 2 is 1.53 bits per heavy atom. The van der Waals surface area contributed by atoms with E-state index in [1.807, 2.05) is 13.8 Å². The molecule has 0 N–H and O–H groups in total. The molecule has 51 heavy (non-hydrogen) atoms. The van der Waals surface area contributed by atoms with Gasteiger partial charge in [-0.1, -0.05) is 19.9 Å². The van der Waals surface area contributed by atoms with E-state index in [1.165, 1.54) is 51.4 Å². The van der Waals surface area contributed by atoms with Gasteiger partial charge in [0.25, 0.3) is 0 Å². The summed E-state index contributed by atoms with van der Waals surface area (Å²) in [6, 6.07) is 7.54. The molecule has 1 saturated heterocycles. The molecule has 0 radical (unpaired) electrons. The zero-order valence-corrected chi connectivity index (χ0v) is 28.6. The number of benzene rings is 3. The molecule has 1 aliphatic heterocycles. The Balaban J connectivity index is 1.57. The molecule has 274 valence electrons. The van der Waals surface area contributed by atoms with E-state index in [-0.39, 0.29) is 40.7 Å². The highest BCUT2D eigenvalue weighted by atomic mass is 19.4. The molecule has 2 aliphatic rings. The van der Waals surface area contributed by atoms with Crippen molar-refractivity contribution >= 4 is 17.6 Å². The van der Waals surface area contributed by atoms with Crippen molar-refractivity contribution in [2.45, 2.75) is 64.5 Å². The molecule has 1 aliphatic carbocycles. The lowest BCUT2D eigenvalue weighted by molar-refractivity contribution is -0.143. The van der Waals surface area contributed by atoms with E-state index in [9.17, 15) is 35.9 Å². The summed E-state index contributed by atoms with van der Waals surface area (Å²) in [6.45, 7) is 5.50. The van der Waals surface area contributed by atoms with Crippen molar-refractivity contribution in [3.8, 4) is 22.6 Å². The van der Waals surface area contributed by atoms with Gasteiger partial charge in [0.15, 0.2) is 0 Å². The van der Waals surface area contributed by atoms with Crippen LogP contribution in [-0.2, 0) is 21.8 Å². The van der Waals surface area contributed by atoms with Gasteiger partial charge in [-0.3, -0.25) is 4.90 Å². The molecule has 1 fully saturated rings. The first-order valence-electron chi connectivity index (χ1n) is 15.9. The number of nitrogens with zero attached hydrogens (tertiary/aromatic N) is 1. The van der Waals surface area contributed by atoms with Crippen molar-refractivity contribution in [3.63, 3.8) is 0 Å². The van der Waals surface area contributed by atoms with E-state index in [4.69, 9.17) is 18.9 Å². The van der Waals surface area contributed by atoms with E-state index in [1.54, 1.807) is 12.1 Å². The Morgan fingerprint density at radius 3 is 2.10 bits per heavy atom. The van der Waals surface area contributed by atoms with Gasteiger partial charge in [-0.2, -0.15) is 26.3 Å². The number of hydrogen-bond donors (Lipinski definition) is 0. The first-order valence-corrected chi connectivity index (χ1v) is 15.9. The third kappa shape index (κ3) is 7.64. The average molecular weight is 724 g/mol. The third-order valence-electron chi connectivity index (χ3n) is 9.39. The van der Waals surface area contributed by atoms with Gasteiger partial charge in [-0.05, 0) is 90.3 Å². The predicted molar refractivity (Wildman–Crippen MR) is 173 cm³/mol. The predicted octanol–water partition coefficient (Wildman–Crippen LogP) is 9.88. The Morgan fingerprint density at radius 1 is 0.902 bits per heavy atom. The van der Waals surface area contributed by atoms with Gasteiger partial charge in [-0.25, -0.2) is 14.0 Å². The highest BCUT2D eigenvalue weighted by Gasteiger charge is 2.44. The minimum Gasteiger partial charge on any atom is -0.496 e. The maximum absolute atomic E-state index is 15.7. The molecule has 1 amide bonds. The smallest absolute Gasteiger partial charge is 0.416 e. The number of hydrogen-bond acceptors (Lipinski definition) is 6. The van der Waals surface area contributed by atoms with Crippen LogP contribution in [0, 0.1) is 11.2 Å². The Kier molecular flexibility index (Phi) is 10.1. The highest BCUT2D eigenvalue weighted by molar-refractivity contribution is 5.93. The summed E-state index contributed by atoms with van der Waals surface area (Å²) < 4.78 is 119. The van der Waals surface area contributed by atoms with Crippen molar-refractivity contribution in [1.29, 1.82) is 0 Å². The Hall–Kier alpha value is -4.75. The van der Waals surface area contributed by atoms with Crippen LogP contribution >= 0.6 is 0 Å². The molecule has 2 atom stereocenters. The number of halogens is 7. The Labute approximate surface area is 289 Å². The topological polar surface area (TPSA) is 74.3 Å². The SMILES string of the molecule is COC(=O)c1ccc(-c2cc(C3=C(CN4C(=O)O[C@H](c5cc(C(F)(F)F)cc(C(F)(F)F)c5)[C@@H]4C)CC(C)(C)CC3)c(OC)cc2F)cc1OC. The molecule has 7 nitrogen and oxygen atoms in total. The lowest BCUT2D eigenvalue weighted by atomic mass is 9.72. The van der Waals surface area contributed by atoms with Crippen molar-refractivity contribution < 1.29 is 59.3 Å². The summed E-state index contributed by atoms with van der Waals surface area (Å²) in [7, 11) is 3.97. The molecular weight excluding hydrogens is 687 g/mol. The van der Waals surface area contributed by atoms with Gasteiger partial charge < -0.3 is 18.9 Å². The fourth-order valence-corrected chi connectivity index (χ4v) is 6.72. The van der Waals surface area contributed by atoms with Crippen LogP contribution in [0.1, 0.15) is 78.7 Å². The molecule has 1 heterocycles. The lowest BCUT2D eigenvalue weighted by Gasteiger charge is -2.36. The van der Waals surface area contributed by atoms with Gasteiger partial charge in [0.05, 0.1) is 38.5 Å². The van der Waals surface area contributed by atoms with E-state index in [0.717, 1.165) is 11.1 Å². The molecule has 0 bridgehead atoms. The largest absolute Gasteiger partial charge is 0.496 e. The number of alkyl halides is 6. The van der Waals surface area contributed by atoms with Gasteiger partial charge in [0, 0.05) is 23.7 Å². The first-order chi connectivity index (χ1) is 23.8. The van der Waals surface area contributed by atoms with Crippen LogP contribution in [0.3, 0.4) is 0 Å². The standard InChI is InChI=1S/C37H36F7NO6/c1-19-32(21-11-23(36(39,40)41)14-24(12-21)37(42,43)44)51-34(47)45(19)18-22-17-35(2,3)10-9-25(22)28-15-27(29(38)16-31(28)49-5)20-7-8-26(33(46)50-6)30(13-20)48-4/h7-8,11-16,19,32H,9-10,17-18H2,1-6H3/t19-,32-/m0/s1. The maximum atomic E-state index is 15.7. The third-order valence-corrected chi connectivity index (χ3v) is 9.39. The summed E-state index contributed by atoms with van der Waals surface area (Å²) in [4.78, 5) is 26.8. The fourth-order valence-electron chi connectivity index (χ4n) is 6.72. The van der Waals surface area contributed by atoms with E-state index >= 15 is 4.39 Å². The van der Waals surface area contributed by atoms with E-state index < -0.39 is 59.1 Å². The average Bonchev–Trinajstić information content (AvgIpc) is 3.34. The number of ether oxygens (including phenoxy) is 4. The quantitative estimate of drug-likeness (QED) is 0.170.